The zero-order valence-electron chi connectivity index (χ0n) is 14.2. The molecule has 1 amide bonds. The lowest BCUT2D eigenvalue weighted by atomic mass is 9.73. The molecular weight excluding hydrogens is 274 g/mol. The lowest BCUT2D eigenvalue weighted by Gasteiger charge is -2.34. The van der Waals surface area contributed by atoms with Crippen LogP contribution < -0.4 is 5.32 Å². The summed E-state index contributed by atoms with van der Waals surface area (Å²) in [4.78, 5) is 11.5. The van der Waals surface area contributed by atoms with E-state index < -0.39 is 0 Å². The Morgan fingerprint density at radius 3 is 2.36 bits per heavy atom. The quantitative estimate of drug-likeness (QED) is 0.799. The molecule has 3 saturated carbocycles. The summed E-state index contributed by atoms with van der Waals surface area (Å²) in [6, 6.07) is 0. The summed E-state index contributed by atoms with van der Waals surface area (Å²) < 4.78 is 5.51. The van der Waals surface area contributed by atoms with Gasteiger partial charge in [0.25, 0.3) is 0 Å². The Labute approximate surface area is 135 Å². The first-order valence-electron chi connectivity index (χ1n) is 9.62. The van der Waals surface area contributed by atoms with Crippen LogP contribution >= 0.6 is 0 Å². The number of hydrogen-bond donors (Lipinski definition) is 1. The summed E-state index contributed by atoms with van der Waals surface area (Å²) in [6.07, 6.45) is 15.3. The summed E-state index contributed by atoms with van der Waals surface area (Å²) in [5.74, 6) is 4.12. The second-order valence-corrected chi connectivity index (χ2v) is 7.93. The molecule has 0 spiro atoms. The Bertz CT molecular complexity index is 370. The number of amides is 1. The maximum atomic E-state index is 11.5. The largest absolute Gasteiger partial charge is 0.449 e. The topological polar surface area (TPSA) is 38.3 Å². The molecule has 4 bridgehead atoms. The highest BCUT2D eigenvalue weighted by molar-refractivity contribution is 5.66. The molecule has 0 heterocycles. The van der Waals surface area contributed by atoms with Crippen LogP contribution in [-0.4, -0.2) is 19.7 Å². The zero-order valence-corrected chi connectivity index (χ0v) is 14.2. The molecule has 0 aromatic rings. The predicted octanol–water partition coefficient (Wildman–Crippen LogP) is 4.76. The van der Waals surface area contributed by atoms with Crippen molar-refractivity contribution in [1.82, 2.24) is 5.32 Å². The van der Waals surface area contributed by atoms with Crippen molar-refractivity contribution in [3.63, 3.8) is 0 Å². The molecule has 0 aromatic carbocycles. The predicted molar refractivity (Wildman–Crippen MR) is 88.6 cm³/mol. The smallest absolute Gasteiger partial charge is 0.406 e. The highest BCUT2D eigenvalue weighted by Gasteiger charge is 2.38. The number of fused-ring (bicyclic) bond motifs is 9. The minimum Gasteiger partial charge on any atom is -0.449 e. The summed E-state index contributed by atoms with van der Waals surface area (Å²) in [7, 11) is 1.65. The van der Waals surface area contributed by atoms with E-state index in [-0.39, 0.29) is 6.09 Å². The molecule has 3 heteroatoms. The highest BCUT2D eigenvalue weighted by atomic mass is 16.5. The Hall–Kier alpha value is -0.730. The van der Waals surface area contributed by atoms with Gasteiger partial charge in [-0.1, -0.05) is 57.8 Å². The van der Waals surface area contributed by atoms with Crippen molar-refractivity contribution < 1.29 is 9.53 Å². The third kappa shape index (κ3) is 3.78. The van der Waals surface area contributed by atoms with Crippen molar-refractivity contribution in [2.75, 3.05) is 13.7 Å². The number of carbonyl (C=O) groups excluding carboxylic acids is 1. The molecule has 22 heavy (non-hydrogen) atoms. The normalized spacial score (nSPS) is 38.9. The van der Waals surface area contributed by atoms with E-state index in [1.807, 2.05) is 0 Å². The fraction of sp³-hybridized carbons (Fsp3) is 0.947. The van der Waals surface area contributed by atoms with Gasteiger partial charge in [-0.3, -0.25) is 0 Å². The average molecular weight is 307 g/mol. The molecule has 3 nitrogen and oxygen atoms in total. The van der Waals surface area contributed by atoms with E-state index >= 15 is 0 Å². The molecule has 0 aromatic heterocycles. The second-order valence-electron chi connectivity index (χ2n) is 7.93. The minimum atomic E-state index is -0.255. The van der Waals surface area contributed by atoms with Crippen LogP contribution in [0.5, 0.6) is 0 Å². The van der Waals surface area contributed by atoms with E-state index in [2.05, 4.69) is 5.32 Å². The maximum Gasteiger partial charge on any atom is 0.406 e. The lowest BCUT2D eigenvalue weighted by Crippen LogP contribution is -2.31. The molecule has 126 valence electrons. The molecule has 3 fully saturated rings. The SMILES string of the molecule is CNC(=O)OCC1CC2CCCC1C1CCCCC2CCC1. The standard InChI is InChI=1S/C19H33NO2/c1-20-19(21)22-13-17-12-16-10-5-11-18(17)15-7-3-2-6-14(16)8-4-9-15/h14-18H,2-13H2,1H3,(H,20,21). The van der Waals surface area contributed by atoms with Gasteiger partial charge >= 0.3 is 6.09 Å². The number of rotatable bonds is 2. The first-order chi connectivity index (χ1) is 10.8. The fourth-order valence-corrected chi connectivity index (χ4v) is 5.67. The molecule has 3 aliphatic rings. The van der Waals surface area contributed by atoms with Gasteiger partial charge in [-0.25, -0.2) is 4.79 Å². The van der Waals surface area contributed by atoms with Crippen molar-refractivity contribution >= 4 is 6.09 Å². The third-order valence-corrected chi connectivity index (χ3v) is 6.78. The molecule has 0 radical (unpaired) electrons. The summed E-state index contributed by atoms with van der Waals surface area (Å²) >= 11 is 0. The van der Waals surface area contributed by atoms with Crippen LogP contribution in [0.4, 0.5) is 4.79 Å². The molecule has 3 aliphatic carbocycles. The van der Waals surface area contributed by atoms with Crippen molar-refractivity contribution in [3.8, 4) is 0 Å². The lowest BCUT2D eigenvalue weighted by molar-refractivity contribution is 0.0777. The van der Waals surface area contributed by atoms with Gasteiger partial charge in [0.15, 0.2) is 0 Å². The van der Waals surface area contributed by atoms with Crippen LogP contribution in [0.2, 0.25) is 0 Å². The number of nitrogens with one attached hydrogen (secondary N) is 1. The van der Waals surface area contributed by atoms with Crippen molar-refractivity contribution in [1.29, 1.82) is 0 Å². The average Bonchev–Trinajstić information content (AvgIpc) is 2.64. The van der Waals surface area contributed by atoms with Gasteiger partial charge in [0, 0.05) is 7.05 Å². The number of hydrogen-bond acceptors (Lipinski definition) is 2. The van der Waals surface area contributed by atoms with E-state index in [0.29, 0.717) is 12.5 Å². The second kappa shape index (κ2) is 7.70. The molecular formula is C19H33NO2. The highest BCUT2D eigenvalue weighted by Crippen LogP contribution is 2.47. The van der Waals surface area contributed by atoms with E-state index in [9.17, 15) is 4.79 Å². The molecule has 0 aliphatic heterocycles. The van der Waals surface area contributed by atoms with Gasteiger partial charge in [-0.2, -0.15) is 0 Å². The van der Waals surface area contributed by atoms with Crippen LogP contribution in [0.3, 0.4) is 0 Å². The molecule has 1 N–H and O–H groups in total. The van der Waals surface area contributed by atoms with E-state index in [1.165, 1.54) is 70.6 Å². The third-order valence-electron chi connectivity index (χ3n) is 6.78. The Kier molecular flexibility index (Phi) is 5.65. The summed E-state index contributed by atoms with van der Waals surface area (Å²) in [5, 5.41) is 2.60. The molecule has 5 atom stereocenters. The van der Waals surface area contributed by atoms with Gasteiger partial charge in [-0.05, 0) is 42.4 Å². The van der Waals surface area contributed by atoms with Crippen molar-refractivity contribution in [2.45, 2.75) is 70.6 Å². The Balaban J connectivity index is 1.79. The number of carbonyl (C=O) groups is 1. The first-order valence-corrected chi connectivity index (χ1v) is 9.62. The summed E-state index contributed by atoms with van der Waals surface area (Å²) in [5.41, 5.74) is 0. The van der Waals surface area contributed by atoms with Gasteiger partial charge in [0.2, 0.25) is 0 Å². The van der Waals surface area contributed by atoms with Gasteiger partial charge in [0.05, 0.1) is 6.61 Å². The van der Waals surface area contributed by atoms with Gasteiger partial charge in [-0.15, -0.1) is 0 Å². The van der Waals surface area contributed by atoms with Gasteiger partial charge < -0.3 is 10.1 Å². The van der Waals surface area contributed by atoms with Crippen LogP contribution in [0.25, 0.3) is 0 Å². The van der Waals surface area contributed by atoms with Crippen molar-refractivity contribution in [3.05, 3.63) is 0 Å². The van der Waals surface area contributed by atoms with Gasteiger partial charge in [0.1, 0.15) is 0 Å². The fourth-order valence-electron chi connectivity index (χ4n) is 5.67. The monoisotopic (exact) mass is 307 g/mol. The van der Waals surface area contributed by atoms with Crippen LogP contribution in [0.15, 0.2) is 0 Å². The Morgan fingerprint density at radius 1 is 0.909 bits per heavy atom. The molecule has 5 unspecified atom stereocenters. The minimum absolute atomic E-state index is 0.255. The first kappa shape index (κ1) is 16.1. The number of alkyl carbamates (subject to hydrolysis) is 1. The van der Waals surface area contributed by atoms with E-state index in [4.69, 9.17) is 4.74 Å². The molecule has 0 saturated heterocycles. The van der Waals surface area contributed by atoms with E-state index in [1.54, 1.807) is 7.05 Å². The van der Waals surface area contributed by atoms with Crippen LogP contribution in [0.1, 0.15) is 70.6 Å². The number of ether oxygens (including phenoxy) is 1. The Morgan fingerprint density at radius 2 is 1.55 bits per heavy atom. The zero-order chi connectivity index (χ0) is 15.4. The van der Waals surface area contributed by atoms with Crippen LogP contribution in [0, 0.1) is 29.6 Å². The van der Waals surface area contributed by atoms with Crippen molar-refractivity contribution in [2.24, 2.45) is 29.6 Å². The van der Waals surface area contributed by atoms with Crippen LogP contribution in [-0.2, 0) is 4.74 Å². The maximum absolute atomic E-state index is 11.5. The molecule has 3 rings (SSSR count). The van der Waals surface area contributed by atoms with E-state index in [0.717, 1.165) is 23.7 Å². The summed E-state index contributed by atoms with van der Waals surface area (Å²) in [6.45, 7) is 0.643.